The Morgan fingerprint density at radius 1 is 1.16 bits per heavy atom. The number of nitro groups is 1. The number of rotatable bonds is 8. The molecule has 1 heterocycles. The minimum absolute atomic E-state index is 0.00997. The van der Waals surface area contributed by atoms with Crippen molar-refractivity contribution in [3.63, 3.8) is 0 Å². The number of benzene rings is 2. The monoisotopic (exact) mass is 457 g/mol. The molecule has 8 nitrogen and oxygen atoms in total. The molecule has 1 unspecified atom stereocenters. The van der Waals surface area contributed by atoms with Crippen molar-refractivity contribution >= 4 is 27.7 Å². The number of carbonyl (C=O) groups is 1. The van der Waals surface area contributed by atoms with Crippen LogP contribution in [0.3, 0.4) is 0 Å². The molecule has 1 aliphatic rings. The molecule has 0 saturated carbocycles. The third-order valence-corrected chi connectivity index (χ3v) is 7.47. The second-order valence-corrected chi connectivity index (χ2v) is 9.73. The van der Waals surface area contributed by atoms with E-state index >= 15 is 0 Å². The maximum absolute atomic E-state index is 13.1. The molecule has 3 rings (SSSR count). The fourth-order valence-electron chi connectivity index (χ4n) is 3.72. The normalized spacial score (nSPS) is 17.3. The summed E-state index contributed by atoms with van der Waals surface area (Å²) in [5, 5.41) is 13.5. The van der Waals surface area contributed by atoms with Crippen LogP contribution in [0.25, 0.3) is 6.08 Å². The summed E-state index contributed by atoms with van der Waals surface area (Å²) >= 11 is 0. The van der Waals surface area contributed by atoms with Gasteiger partial charge in [-0.05, 0) is 62.1 Å². The number of piperidine rings is 1. The highest BCUT2D eigenvalue weighted by molar-refractivity contribution is 7.89. The van der Waals surface area contributed by atoms with Crippen LogP contribution in [-0.2, 0) is 14.8 Å². The number of nitrogens with one attached hydrogen (secondary N) is 1. The van der Waals surface area contributed by atoms with E-state index in [-0.39, 0.29) is 17.6 Å². The zero-order valence-electron chi connectivity index (χ0n) is 17.9. The van der Waals surface area contributed by atoms with Gasteiger partial charge in [-0.15, -0.1) is 0 Å². The standard InChI is InChI=1S/C23H27N3O5S/c1-18-5-12-22(13-6-18)32(30,31)25-17-3-2-4-20(25)15-16-24-23(27)14-9-19-7-10-21(11-8-19)26(28)29/h5-14,20H,2-4,15-17H2,1H3,(H,24,27)/b14-9+. The first kappa shape index (κ1) is 23.6. The summed E-state index contributed by atoms with van der Waals surface area (Å²) in [6.45, 7) is 2.75. The number of amides is 1. The number of aryl methyl sites for hydroxylation is 1. The van der Waals surface area contributed by atoms with Crippen LogP contribution in [-0.4, -0.2) is 42.7 Å². The van der Waals surface area contributed by atoms with E-state index in [9.17, 15) is 23.3 Å². The molecule has 2 aromatic rings. The zero-order valence-corrected chi connectivity index (χ0v) is 18.8. The summed E-state index contributed by atoms with van der Waals surface area (Å²) in [5.74, 6) is -0.299. The summed E-state index contributed by atoms with van der Waals surface area (Å²) in [4.78, 5) is 22.6. The van der Waals surface area contributed by atoms with Gasteiger partial charge < -0.3 is 5.32 Å². The molecule has 1 N–H and O–H groups in total. The van der Waals surface area contributed by atoms with E-state index in [1.54, 1.807) is 46.8 Å². The molecule has 1 saturated heterocycles. The molecule has 0 spiro atoms. The Bertz CT molecular complexity index is 1080. The van der Waals surface area contributed by atoms with Gasteiger partial charge in [-0.2, -0.15) is 4.31 Å². The molecule has 0 bridgehead atoms. The lowest BCUT2D eigenvalue weighted by atomic mass is 10.0. The molecule has 1 amide bonds. The number of sulfonamides is 1. The van der Waals surface area contributed by atoms with Gasteiger partial charge in [-0.1, -0.05) is 24.1 Å². The second kappa shape index (κ2) is 10.5. The lowest BCUT2D eigenvalue weighted by Crippen LogP contribution is -2.45. The van der Waals surface area contributed by atoms with Crippen LogP contribution in [0.4, 0.5) is 5.69 Å². The molecule has 170 valence electrons. The highest BCUT2D eigenvalue weighted by atomic mass is 32.2. The Morgan fingerprint density at radius 2 is 1.84 bits per heavy atom. The maximum Gasteiger partial charge on any atom is 0.269 e. The van der Waals surface area contributed by atoms with E-state index in [0.29, 0.717) is 30.0 Å². The SMILES string of the molecule is Cc1ccc(S(=O)(=O)N2CCCCC2CCNC(=O)/C=C/c2ccc([N+](=O)[O-])cc2)cc1. The summed E-state index contributed by atoms with van der Waals surface area (Å²) in [6.07, 6.45) is 6.02. The molecule has 0 radical (unpaired) electrons. The topological polar surface area (TPSA) is 110 Å². The third kappa shape index (κ3) is 6.02. The van der Waals surface area contributed by atoms with Gasteiger partial charge in [0.1, 0.15) is 0 Å². The number of nitrogens with zero attached hydrogens (tertiary/aromatic N) is 2. The Labute approximate surface area is 188 Å². The summed E-state index contributed by atoms with van der Waals surface area (Å²) in [6, 6.07) is 12.6. The van der Waals surface area contributed by atoms with E-state index in [4.69, 9.17) is 0 Å². The van der Waals surface area contributed by atoms with Gasteiger partial charge in [-0.3, -0.25) is 14.9 Å². The van der Waals surface area contributed by atoms with Crippen molar-refractivity contribution in [2.45, 2.75) is 43.5 Å². The molecule has 1 fully saturated rings. The first-order valence-electron chi connectivity index (χ1n) is 10.6. The van der Waals surface area contributed by atoms with Gasteiger partial charge in [0.05, 0.1) is 9.82 Å². The number of non-ortho nitro benzene ring substituents is 1. The summed E-state index contributed by atoms with van der Waals surface area (Å²) < 4.78 is 27.8. The Kier molecular flexibility index (Phi) is 7.76. The van der Waals surface area contributed by atoms with Crippen LogP contribution in [0.15, 0.2) is 59.5 Å². The Hall–Kier alpha value is -3.04. The molecule has 0 aliphatic carbocycles. The molecule has 32 heavy (non-hydrogen) atoms. The van der Waals surface area contributed by atoms with Crippen molar-refractivity contribution in [1.82, 2.24) is 9.62 Å². The molecule has 1 aliphatic heterocycles. The van der Waals surface area contributed by atoms with Gasteiger partial charge >= 0.3 is 0 Å². The quantitative estimate of drug-likeness (QED) is 0.370. The van der Waals surface area contributed by atoms with Crippen molar-refractivity contribution in [3.8, 4) is 0 Å². The average molecular weight is 458 g/mol. The van der Waals surface area contributed by atoms with Crippen LogP contribution in [0, 0.1) is 17.0 Å². The first-order chi connectivity index (χ1) is 15.3. The number of carbonyl (C=O) groups excluding carboxylic acids is 1. The molecule has 9 heteroatoms. The zero-order chi connectivity index (χ0) is 23.1. The van der Waals surface area contributed by atoms with Crippen LogP contribution in [0.1, 0.15) is 36.8 Å². The summed E-state index contributed by atoms with van der Waals surface area (Å²) in [7, 11) is -3.58. The second-order valence-electron chi connectivity index (χ2n) is 7.84. The van der Waals surface area contributed by atoms with Crippen LogP contribution < -0.4 is 5.32 Å². The Balaban J connectivity index is 1.55. The minimum Gasteiger partial charge on any atom is -0.352 e. The lowest BCUT2D eigenvalue weighted by molar-refractivity contribution is -0.384. The minimum atomic E-state index is -3.58. The highest BCUT2D eigenvalue weighted by Gasteiger charge is 2.33. The number of nitro benzene ring substituents is 1. The fourth-order valence-corrected chi connectivity index (χ4v) is 5.45. The largest absolute Gasteiger partial charge is 0.352 e. The van der Waals surface area contributed by atoms with Gasteiger partial charge in [0.25, 0.3) is 5.69 Å². The highest BCUT2D eigenvalue weighted by Crippen LogP contribution is 2.27. The van der Waals surface area contributed by atoms with Gasteiger partial charge in [0.15, 0.2) is 0 Å². The maximum atomic E-state index is 13.1. The van der Waals surface area contributed by atoms with Crippen molar-refractivity contribution in [1.29, 1.82) is 0 Å². The van der Waals surface area contributed by atoms with Gasteiger partial charge in [0.2, 0.25) is 15.9 Å². The van der Waals surface area contributed by atoms with Gasteiger partial charge in [0, 0.05) is 37.3 Å². The van der Waals surface area contributed by atoms with Crippen LogP contribution >= 0.6 is 0 Å². The van der Waals surface area contributed by atoms with Crippen molar-refractivity contribution < 1.29 is 18.1 Å². The molecular formula is C23H27N3O5S. The van der Waals surface area contributed by atoms with E-state index in [2.05, 4.69) is 5.32 Å². The predicted molar refractivity (Wildman–Crippen MR) is 122 cm³/mol. The van der Waals surface area contributed by atoms with Crippen LogP contribution in [0.5, 0.6) is 0 Å². The third-order valence-electron chi connectivity index (χ3n) is 5.51. The number of hydrogen-bond acceptors (Lipinski definition) is 5. The van der Waals surface area contributed by atoms with Crippen LogP contribution in [0.2, 0.25) is 0 Å². The molecule has 0 aromatic heterocycles. The Morgan fingerprint density at radius 3 is 2.50 bits per heavy atom. The van der Waals surface area contributed by atoms with E-state index in [1.165, 1.54) is 18.2 Å². The van der Waals surface area contributed by atoms with Crippen molar-refractivity contribution in [3.05, 3.63) is 75.8 Å². The van der Waals surface area contributed by atoms with Crippen molar-refractivity contribution in [2.75, 3.05) is 13.1 Å². The average Bonchev–Trinajstić information content (AvgIpc) is 2.78. The van der Waals surface area contributed by atoms with E-state index in [1.807, 2.05) is 6.92 Å². The molecule has 2 aromatic carbocycles. The predicted octanol–water partition coefficient (Wildman–Crippen LogP) is 3.67. The first-order valence-corrected chi connectivity index (χ1v) is 12.0. The number of hydrogen-bond donors (Lipinski definition) is 1. The smallest absolute Gasteiger partial charge is 0.269 e. The van der Waals surface area contributed by atoms with E-state index < -0.39 is 14.9 Å². The van der Waals surface area contributed by atoms with E-state index in [0.717, 1.165) is 24.8 Å². The summed E-state index contributed by atoms with van der Waals surface area (Å²) in [5.41, 5.74) is 1.67. The molecule has 1 atom stereocenters. The van der Waals surface area contributed by atoms with Gasteiger partial charge in [-0.25, -0.2) is 8.42 Å². The van der Waals surface area contributed by atoms with Crippen molar-refractivity contribution in [2.24, 2.45) is 0 Å². The molecular weight excluding hydrogens is 430 g/mol. The lowest BCUT2D eigenvalue weighted by Gasteiger charge is -2.34. The fraction of sp³-hybridized carbons (Fsp3) is 0.348.